The number of azo groups is 3. The van der Waals surface area contributed by atoms with E-state index in [-0.39, 0.29) is 49.7 Å². The molecule has 0 saturated heterocycles. The highest BCUT2D eigenvalue weighted by molar-refractivity contribution is 7.86. The van der Waals surface area contributed by atoms with E-state index in [1.807, 2.05) is 0 Å². The van der Waals surface area contributed by atoms with Crippen LogP contribution in [-0.2, 0) is 40.5 Å². The summed E-state index contributed by atoms with van der Waals surface area (Å²) in [5.74, 6) is -0.941. The third-order valence-corrected chi connectivity index (χ3v) is 12.5. The van der Waals surface area contributed by atoms with Gasteiger partial charge in [-0.3, -0.25) is 18.2 Å². The normalized spacial score (nSPS) is 13.1. The number of phenolic OH excluding ortho intramolecular Hbond substituents is 1. The molecular formula is C36H24ClN7O13S4. The Bertz CT molecular complexity index is 3590. The Morgan fingerprint density at radius 1 is 0.459 bits per heavy atom. The summed E-state index contributed by atoms with van der Waals surface area (Å²) in [6.07, 6.45) is 0. The molecule has 0 aromatic heterocycles. The van der Waals surface area contributed by atoms with Gasteiger partial charge in [0, 0.05) is 32.0 Å². The molecule has 0 saturated carbocycles. The molecule has 25 heteroatoms. The van der Waals surface area contributed by atoms with Crippen LogP contribution in [0.25, 0.3) is 32.3 Å². The van der Waals surface area contributed by atoms with E-state index in [1.165, 1.54) is 36.4 Å². The molecule has 0 aliphatic rings. The maximum absolute atomic E-state index is 12.5. The van der Waals surface area contributed by atoms with Crippen molar-refractivity contribution >= 4 is 124 Å². The first-order valence-corrected chi connectivity index (χ1v) is 22.8. The first-order chi connectivity index (χ1) is 28.5. The standard InChI is InChI=1S/C36H24ClN7O13S4/c37-19-2-1-3-20(14-19)39-40-31-10-8-29(23-6-4-21(15-26(23)31)58(46,47)48)41-42-30-9-11-32(27-16-22(59(49,50)51)5-7-24(27)30)43-44-35-34(61(55,56)57)13-18-12-33(60(52,53)54)28(38)17-25(18)36(35)45/h1-17,45H,38H2,(H,46,47,48)(H,49,50,51)(H,52,53,54)(H,55,56,57). The quantitative estimate of drug-likeness (QED) is 0.0423. The second-order valence-electron chi connectivity index (χ2n) is 12.8. The number of nitrogens with two attached hydrogens (primary N) is 1. The average Bonchev–Trinajstić information content (AvgIpc) is 3.17. The summed E-state index contributed by atoms with van der Waals surface area (Å²) >= 11 is 6.05. The van der Waals surface area contributed by atoms with Crippen LogP contribution in [0.2, 0.25) is 5.02 Å². The minimum absolute atomic E-state index is 0.0644. The van der Waals surface area contributed by atoms with E-state index in [0.717, 1.165) is 42.5 Å². The third kappa shape index (κ3) is 8.92. The summed E-state index contributed by atoms with van der Waals surface area (Å²) in [5.41, 5.74) is 4.98. The fourth-order valence-electron chi connectivity index (χ4n) is 6.03. The fourth-order valence-corrected chi connectivity index (χ4v) is 8.52. The molecule has 61 heavy (non-hydrogen) atoms. The van der Waals surface area contributed by atoms with E-state index in [2.05, 4.69) is 30.7 Å². The van der Waals surface area contributed by atoms with Crippen LogP contribution in [-0.4, -0.2) is 57.0 Å². The Kier molecular flexibility index (Phi) is 10.9. The topological polar surface area (TPSA) is 338 Å². The van der Waals surface area contributed by atoms with Crippen molar-refractivity contribution in [1.29, 1.82) is 0 Å². The smallest absolute Gasteiger partial charge is 0.296 e. The van der Waals surface area contributed by atoms with Gasteiger partial charge >= 0.3 is 0 Å². The SMILES string of the molecule is Nc1cc2c(O)c(N=Nc3ccc(N=Nc4ccc(N=Nc5cccc(Cl)c5)c5cc(S(=O)(=O)O)ccc45)c4ccc(S(=O)(=O)O)cc34)c(S(=O)(=O)O)cc2cc1S(=O)(=O)O. The molecule has 0 bridgehead atoms. The molecule has 7 aromatic carbocycles. The van der Waals surface area contributed by atoms with E-state index >= 15 is 0 Å². The second kappa shape index (κ2) is 15.6. The molecule has 0 atom stereocenters. The summed E-state index contributed by atoms with van der Waals surface area (Å²) in [4.78, 5) is -2.92. The van der Waals surface area contributed by atoms with E-state index in [1.54, 1.807) is 24.3 Å². The van der Waals surface area contributed by atoms with Crippen molar-refractivity contribution in [3.63, 3.8) is 0 Å². The Morgan fingerprint density at radius 2 is 0.918 bits per heavy atom. The van der Waals surface area contributed by atoms with Gasteiger partial charge in [-0.05, 0) is 90.3 Å². The Morgan fingerprint density at radius 3 is 1.39 bits per heavy atom. The molecule has 7 rings (SSSR count). The molecule has 0 aliphatic carbocycles. The number of nitrogen functional groups attached to an aromatic ring is 1. The molecule has 0 unspecified atom stereocenters. The van der Waals surface area contributed by atoms with Gasteiger partial charge in [-0.1, -0.05) is 29.8 Å². The number of phenols is 1. The summed E-state index contributed by atoms with van der Waals surface area (Å²) < 4.78 is 136. The minimum atomic E-state index is -5.22. The van der Waals surface area contributed by atoms with Crippen molar-refractivity contribution in [2.24, 2.45) is 30.7 Å². The Hall–Kier alpha value is -6.35. The van der Waals surface area contributed by atoms with Gasteiger partial charge in [-0.25, -0.2) is 0 Å². The van der Waals surface area contributed by atoms with Crippen LogP contribution in [0.5, 0.6) is 5.75 Å². The van der Waals surface area contributed by atoms with Gasteiger partial charge in [-0.2, -0.15) is 38.8 Å². The van der Waals surface area contributed by atoms with Crippen LogP contribution < -0.4 is 5.73 Å². The van der Waals surface area contributed by atoms with E-state index < -0.39 is 77.2 Å². The molecule has 312 valence electrons. The lowest BCUT2D eigenvalue weighted by Crippen LogP contribution is -2.04. The molecular weight excluding hydrogens is 902 g/mol. The first-order valence-electron chi connectivity index (χ1n) is 16.6. The van der Waals surface area contributed by atoms with E-state index in [4.69, 9.17) is 17.3 Å². The zero-order valence-electron chi connectivity index (χ0n) is 30.1. The number of benzene rings is 7. The monoisotopic (exact) mass is 925 g/mol. The molecule has 0 spiro atoms. The number of rotatable bonds is 10. The number of aromatic hydroxyl groups is 1. The van der Waals surface area contributed by atoms with Crippen molar-refractivity contribution in [3.05, 3.63) is 108 Å². The number of hydrogen-bond acceptors (Lipinski definition) is 16. The van der Waals surface area contributed by atoms with Crippen LogP contribution in [0.15, 0.2) is 153 Å². The highest BCUT2D eigenvalue weighted by atomic mass is 35.5. The number of hydrogen-bond donors (Lipinski definition) is 6. The zero-order chi connectivity index (χ0) is 44.2. The fraction of sp³-hybridized carbons (Fsp3) is 0. The predicted octanol–water partition coefficient (Wildman–Crippen LogP) is 9.32. The Labute approximate surface area is 349 Å². The molecule has 0 aliphatic heterocycles. The van der Waals surface area contributed by atoms with Gasteiger partial charge in [0.1, 0.15) is 15.5 Å². The van der Waals surface area contributed by atoms with Gasteiger partial charge in [-0.15, -0.1) is 25.6 Å². The van der Waals surface area contributed by atoms with Crippen molar-refractivity contribution in [1.82, 2.24) is 0 Å². The summed E-state index contributed by atoms with van der Waals surface area (Å²) in [7, 11) is -19.6. The highest BCUT2D eigenvalue weighted by Gasteiger charge is 2.25. The first kappa shape index (κ1) is 42.8. The predicted molar refractivity (Wildman–Crippen MR) is 221 cm³/mol. The second-order valence-corrected chi connectivity index (χ2v) is 18.8. The lowest BCUT2D eigenvalue weighted by atomic mass is 10.1. The number of anilines is 1. The van der Waals surface area contributed by atoms with Crippen LogP contribution in [0.3, 0.4) is 0 Å². The molecule has 7 N–H and O–H groups in total. The maximum Gasteiger partial charge on any atom is 0.296 e. The van der Waals surface area contributed by atoms with Crippen molar-refractivity contribution in [3.8, 4) is 5.75 Å². The Balaban J connectivity index is 1.36. The number of halogens is 1. The van der Waals surface area contributed by atoms with Gasteiger partial charge in [0.05, 0.1) is 43.9 Å². The number of fused-ring (bicyclic) bond motifs is 3. The molecule has 0 fully saturated rings. The largest absolute Gasteiger partial charge is 0.505 e. The van der Waals surface area contributed by atoms with Crippen LogP contribution >= 0.6 is 11.6 Å². The molecule has 20 nitrogen and oxygen atoms in total. The van der Waals surface area contributed by atoms with E-state index in [0.29, 0.717) is 16.1 Å². The van der Waals surface area contributed by atoms with Crippen molar-refractivity contribution in [2.75, 3.05) is 5.73 Å². The van der Waals surface area contributed by atoms with Crippen LogP contribution in [0.1, 0.15) is 0 Å². The maximum atomic E-state index is 12.5. The minimum Gasteiger partial charge on any atom is -0.505 e. The summed E-state index contributed by atoms with van der Waals surface area (Å²) in [6, 6.07) is 21.3. The van der Waals surface area contributed by atoms with Gasteiger partial charge < -0.3 is 10.8 Å². The lowest BCUT2D eigenvalue weighted by Gasteiger charge is -2.11. The third-order valence-electron chi connectivity index (χ3n) is 8.82. The lowest BCUT2D eigenvalue weighted by molar-refractivity contribution is 0.472. The highest BCUT2D eigenvalue weighted by Crippen LogP contribution is 2.45. The van der Waals surface area contributed by atoms with Gasteiger partial charge in [0.25, 0.3) is 40.5 Å². The van der Waals surface area contributed by atoms with Crippen LogP contribution in [0, 0.1) is 0 Å². The average molecular weight is 926 g/mol. The summed E-state index contributed by atoms with van der Waals surface area (Å²) in [5, 5.41) is 36.4. The van der Waals surface area contributed by atoms with Crippen molar-refractivity contribution in [2.45, 2.75) is 19.6 Å². The van der Waals surface area contributed by atoms with E-state index in [9.17, 15) is 57.0 Å². The molecule has 0 radical (unpaired) electrons. The van der Waals surface area contributed by atoms with Crippen LogP contribution in [0.4, 0.5) is 39.8 Å². The molecule has 0 heterocycles. The number of nitrogens with zero attached hydrogens (tertiary/aromatic N) is 6. The van der Waals surface area contributed by atoms with Gasteiger partial charge in [0.15, 0.2) is 5.75 Å². The van der Waals surface area contributed by atoms with Gasteiger partial charge in [0.2, 0.25) is 0 Å². The summed E-state index contributed by atoms with van der Waals surface area (Å²) in [6.45, 7) is 0. The molecule has 0 amide bonds. The van der Waals surface area contributed by atoms with Crippen molar-refractivity contribution < 1.29 is 57.0 Å². The molecule has 7 aromatic rings. The zero-order valence-corrected chi connectivity index (χ0v) is 34.1.